The molecule has 2 N–H and O–H groups in total. The Hall–Kier alpha value is -1.22. The van der Waals surface area contributed by atoms with E-state index < -0.39 is 0 Å². The Morgan fingerprint density at radius 1 is 1.31 bits per heavy atom. The molecule has 0 bridgehead atoms. The van der Waals surface area contributed by atoms with Gasteiger partial charge in [-0.15, -0.1) is 24.0 Å². The molecular formula is C19H32IN3O3. The van der Waals surface area contributed by atoms with Gasteiger partial charge in [-0.05, 0) is 45.2 Å². The molecule has 1 fully saturated rings. The van der Waals surface area contributed by atoms with Crippen LogP contribution in [-0.2, 0) is 4.74 Å². The summed E-state index contributed by atoms with van der Waals surface area (Å²) in [6.45, 7) is 7.22. The van der Waals surface area contributed by atoms with Crippen molar-refractivity contribution >= 4 is 29.9 Å². The van der Waals surface area contributed by atoms with E-state index in [0.29, 0.717) is 12.6 Å². The van der Waals surface area contributed by atoms with Crippen LogP contribution in [0.15, 0.2) is 29.3 Å². The molecule has 2 rings (SSSR count). The van der Waals surface area contributed by atoms with Gasteiger partial charge in [0.25, 0.3) is 0 Å². The van der Waals surface area contributed by atoms with Gasteiger partial charge in [0.2, 0.25) is 0 Å². The van der Waals surface area contributed by atoms with Gasteiger partial charge < -0.3 is 24.8 Å². The Morgan fingerprint density at radius 3 is 2.73 bits per heavy atom. The second-order valence-electron chi connectivity index (χ2n) is 6.15. The van der Waals surface area contributed by atoms with E-state index in [2.05, 4.69) is 22.5 Å². The molecule has 0 amide bonds. The number of aliphatic imine (C=N–C) groups is 1. The van der Waals surface area contributed by atoms with Gasteiger partial charge in [-0.1, -0.05) is 12.1 Å². The number of halogens is 1. The Kier molecular flexibility index (Phi) is 11.4. The molecule has 1 aromatic rings. The van der Waals surface area contributed by atoms with Crippen LogP contribution in [0.1, 0.15) is 33.1 Å². The summed E-state index contributed by atoms with van der Waals surface area (Å²) in [6, 6.07) is 7.66. The van der Waals surface area contributed by atoms with Crippen molar-refractivity contribution in [1.82, 2.24) is 10.6 Å². The molecule has 148 valence electrons. The predicted octanol–water partition coefficient (Wildman–Crippen LogP) is 3.20. The maximum atomic E-state index is 5.94. The second kappa shape index (κ2) is 13.0. The minimum atomic E-state index is -0.0510. The first-order valence-corrected chi connectivity index (χ1v) is 9.16. The highest BCUT2D eigenvalue weighted by Gasteiger charge is 2.15. The summed E-state index contributed by atoms with van der Waals surface area (Å²) in [7, 11) is 1.65. The molecule has 1 saturated heterocycles. The zero-order valence-corrected chi connectivity index (χ0v) is 18.3. The molecule has 1 aliphatic rings. The topological polar surface area (TPSA) is 64.1 Å². The molecule has 0 aliphatic carbocycles. The standard InChI is InChI=1S/C19H31N3O3.HI/c1-4-20-19(21-12-11-16-8-7-13-24-16)22-14-15(2)25-18-10-6-5-9-17(18)23-3;/h5-6,9-10,15-16H,4,7-8,11-14H2,1-3H3,(H2,20,21,22);1H. The SMILES string of the molecule is CCNC(=NCC(C)Oc1ccccc1OC)NCCC1CCCO1.I. The lowest BCUT2D eigenvalue weighted by Gasteiger charge is -2.17. The number of hydrogen-bond donors (Lipinski definition) is 2. The van der Waals surface area contributed by atoms with Crippen molar-refractivity contribution in [3.05, 3.63) is 24.3 Å². The predicted molar refractivity (Wildman–Crippen MR) is 116 cm³/mol. The van der Waals surface area contributed by atoms with Gasteiger partial charge >= 0.3 is 0 Å². The zero-order chi connectivity index (χ0) is 17.9. The van der Waals surface area contributed by atoms with E-state index in [1.807, 2.05) is 31.2 Å². The summed E-state index contributed by atoms with van der Waals surface area (Å²) in [5, 5.41) is 6.64. The van der Waals surface area contributed by atoms with E-state index in [0.717, 1.165) is 43.6 Å². The maximum absolute atomic E-state index is 5.94. The van der Waals surface area contributed by atoms with Crippen molar-refractivity contribution in [3.8, 4) is 11.5 Å². The monoisotopic (exact) mass is 477 g/mol. The lowest BCUT2D eigenvalue weighted by molar-refractivity contribution is 0.105. The summed E-state index contributed by atoms with van der Waals surface area (Å²) in [6.07, 6.45) is 3.70. The number of benzene rings is 1. The Balaban J connectivity index is 0.00000338. The molecule has 26 heavy (non-hydrogen) atoms. The van der Waals surface area contributed by atoms with E-state index in [9.17, 15) is 0 Å². The fourth-order valence-electron chi connectivity index (χ4n) is 2.76. The van der Waals surface area contributed by atoms with Crippen LogP contribution in [0.5, 0.6) is 11.5 Å². The lowest BCUT2D eigenvalue weighted by Crippen LogP contribution is -2.39. The van der Waals surface area contributed by atoms with Gasteiger partial charge in [-0.3, -0.25) is 0 Å². The minimum absolute atomic E-state index is 0. The summed E-state index contributed by atoms with van der Waals surface area (Å²) in [5.74, 6) is 2.29. The number of methoxy groups -OCH3 is 1. The maximum Gasteiger partial charge on any atom is 0.191 e. The quantitative estimate of drug-likeness (QED) is 0.325. The van der Waals surface area contributed by atoms with Crippen molar-refractivity contribution in [2.75, 3.05) is 33.4 Å². The zero-order valence-electron chi connectivity index (χ0n) is 16.0. The number of rotatable bonds is 9. The van der Waals surface area contributed by atoms with Gasteiger partial charge in [0.1, 0.15) is 6.10 Å². The number of nitrogens with zero attached hydrogens (tertiary/aromatic N) is 1. The normalized spacial score (nSPS) is 18.0. The third-order valence-corrected chi connectivity index (χ3v) is 4.03. The Labute approximate surface area is 174 Å². The van der Waals surface area contributed by atoms with Gasteiger partial charge in [0.15, 0.2) is 17.5 Å². The van der Waals surface area contributed by atoms with Crippen LogP contribution in [0.3, 0.4) is 0 Å². The molecule has 1 aromatic carbocycles. The first kappa shape index (κ1) is 22.8. The first-order valence-electron chi connectivity index (χ1n) is 9.16. The third kappa shape index (κ3) is 7.99. The highest BCUT2D eigenvalue weighted by atomic mass is 127. The molecule has 7 heteroatoms. The molecule has 0 aromatic heterocycles. The molecule has 6 nitrogen and oxygen atoms in total. The minimum Gasteiger partial charge on any atom is -0.493 e. The van der Waals surface area contributed by atoms with E-state index in [4.69, 9.17) is 14.2 Å². The van der Waals surface area contributed by atoms with Gasteiger partial charge in [-0.2, -0.15) is 0 Å². The van der Waals surface area contributed by atoms with Crippen LogP contribution in [-0.4, -0.2) is 51.5 Å². The van der Waals surface area contributed by atoms with E-state index in [-0.39, 0.29) is 30.1 Å². The van der Waals surface area contributed by atoms with Crippen LogP contribution in [0, 0.1) is 0 Å². The van der Waals surface area contributed by atoms with E-state index in [1.165, 1.54) is 12.8 Å². The summed E-state index contributed by atoms with van der Waals surface area (Å²) in [4.78, 5) is 4.62. The average molecular weight is 477 g/mol. The van der Waals surface area contributed by atoms with Crippen LogP contribution in [0.2, 0.25) is 0 Å². The average Bonchev–Trinajstić information content (AvgIpc) is 3.13. The molecule has 2 atom stereocenters. The molecule has 2 unspecified atom stereocenters. The lowest BCUT2D eigenvalue weighted by atomic mass is 10.2. The van der Waals surface area contributed by atoms with E-state index in [1.54, 1.807) is 7.11 Å². The van der Waals surface area contributed by atoms with Crippen LogP contribution >= 0.6 is 24.0 Å². The third-order valence-electron chi connectivity index (χ3n) is 4.03. The number of para-hydroxylation sites is 2. The largest absolute Gasteiger partial charge is 0.493 e. The van der Waals surface area contributed by atoms with Crippen molar-refractivity contribution in [3.63, 3.8) is 0 Å². The highest BCUT2D eigenvalue weighted by molar-refractivity contribution is 14.0. The van der Waals surface area contributed by atoms with Gasteiger partial charge in [0.05, 0.1) is 19.8 Å². The van der Waals surface area contributed by atoms with E-state index >= 15 is 0 Å². The van der Waals surface area contributed by atoms with Gasteiger partial charge in [-0.25, -0.2) is 4.99 Å². The highest BCUT2D eigenvalue weighted by Crippen LogP contribution is 2.26. The van der Waals surface area contributed by atoms with Crippen molar-refractivity contribution in [1.29, 1.82) is 0 Å². The molecule has 1 heterocycles. The smallest absolute Gasteiger partial charge is 0.191 e. The Bertz CT molecular complexity index is 537. The van der Waals surface area contributed by atoms with Crippen LogP contribution < -0.4 is 20.1 Å². The summed E-state index contributed by atoms with van der Waals surface area (Å²) in [5.41, 5.74) is 0. The second-order valence-corrected chi connectivity index (χ2v) is 6.15. The fourth-order valence-corrected chi connectivity index (χ4v) is 2.76. The number of ether oxygens (including phenoxy) is 3. The molecule has 0 saturated carbocycles. The first-order chi connectivity index (χ1) is 12.2. The molecule has 0 radical (unpaired) electrons. The van der Waals surface area contributed by atoms with Crippen molar-refractivity contribution in [2.45, 2.75) is 45.3 Å². The number of guanidine groups is 1. The number of hydrogen-bond acceptors (Lipinski definition) is 4. The van der Waals surface area contributed by atoms with Crippen molar-refractivity contribution in [2.24, 2.45) is 4.99 Å². The summed E-state index contributed by atoms with van der Waals surface area (Å²) < 4.78 is 16.9. The summed E-state index contributed by atoms with van der Waals surface area (Å²) >= 11 is 0. The van der Waals surface area contributed by atoms with Gasteiger partial charge in [0, 0.05) is 19.7 Å². The number of nitrogens with one attached hydrogen (secondary N) is 2. The molecule has 0 spiro atoms. The van der Waals surface area contributed by atoms with Crippen molar-refractivity contribution < 1.29 is 14.2 Å². The molecule has 1 aliphatic heterocycles. The Morgan fingerprint density at radius 2 is 2.08 bits per heavy atom. The van der Waals surface area contributed by atoms with Crippen LogP contribution in [0.4, 0.5) is 0 Å². The fraction of sp³-hybridized carbons (Fsp3) is 0.632. The molecular weight excluding hydrogens is 445 g/mol. The van der Waals surface area contributed by atoms with Crippen LogP contribution in [0.25, 0.3) is 0 Å².